The molecule has 0 atom stereocenters. The molecule has 0 saturated heterocycles. The summed E-state index contributed by atoms with van der Waals surface area (Å²) in [5.74, 6) is 0. The Balaban J connectivity index is 2.59. The molecule has 0 radical (unpaired) electrons. The molecular formula is C7H9N3. The predicted molar refractivity (Wildman–Crippen MR) is 38.4 cm³/mol. The summed E-state index contributed by atoms with van der Waals surface area (Å²) >= 11 is 0. The molecule has 3 heteroatoms. The summed E-state index contributed by atoms with van der Waals surface area (Å²) in [4.78, 5) is 3.26. The lowest BCUT2D eigenvalue weighted by molar-refractivity contribution is 0.715. The third-order valence-electron chi connectivity index (χ3n) is 1.40. The number of hydrogen-bond donors (Lipinski definition) is 0. The SMILES string of the molecule is [C-]#[N+]CCc1ccnn1C. The lowest BCUT2D eigenvalue weighted by Crippen LogP contribution is -1.98. The molecular weight excluding hydrogens is 126 g/mol. The van der Waals surface area contributed by atoms with Crippen molar-refractivity contribution in [1.29, 1.82) is 0 Å². The fraction of sp³-hybridized carbons (Fsp3) is 0.429. The molecule has 0 unspecified atom stereocenters. The molecule has 10 heavy (non-hydrogen) atoms. The van der Waals surface area contributed by atoms with Crippen LogP contribution in [-0.4, -0.2) is 16.3 Å². The van der Waals surface area contributed by atoms with Gasteiger partial charge in [0, 0.05) is 18.9 Å². The Morgan fingerprint density at radius 3 is 3.10 bits per heavy atom. The molecule has 1 aromatic heterocycles. The van der Waals surface area contributed by atoms with Gasteiger partial charge in [0.15, 0.2) is 0 Å². The van der Waals surface area contributed by atoms with E-state index in [1.807, 2.05) is 13.1 Å². The quantitative estimate of drug-likeness (QED) is 0.552. The smallest absolute Gasteiger partial charge is 0.220 e. The topological polar surface area (TPSA) is 22.2 Å². The van der Waals surface area contributed by atoms with Gasteiger partial charge < -0.3 is 4.85 Å². The van der Waals surface area contributed by atoms with Gasteiger partial charge in [0.1, 0.15) is 0 Å². The van der Waals surface area contributed by atoms with Crippen molar-refractivity contribution in [3.05, 3.63) is 29.4 Å². The normalized spacial score (nSPS) is 9.20. The van der Waals surface area contributed by atoms with Gasteiger partial charge in [0.05, 0.1) is 6.42 Å². The molecule has 0 aliphatic rings. The van der Waals surface area contributed by atoms with Gasteiger partial charge in [-0.3, -0.25) is 4.68 Å². The summed E-state index contributed by atoms with van der Waals surface area (Å²) in [7, 11) is 1.89. The molecule has 52 valence electrons. The number of nitrogens with zero attached hydrogens (tertiary/aromatic N) is 3. The van der Waals surface area contributed by atoms with Crippen LogP contribution in [0.25, 0.3) is 4.85 Å². The Bertz CT molecular complexity index is 244. The Hall–Kier alpha value is -1.30. The first-order valence-corrected chi connectivity index (χ1v) is 3.14. The Morgan fingerprint density at radius 1 is 1.80 bits per heavy atom. The van der Waals surface area contributed by atoms with Crippen LogP contribution in [0.15, 0.2) is 12.3 Å². The van der Waals surface area contributed by atoms with E-state index >= 15 is 0 Å². The van der Waals surface area contributed by atoms with E-state index in [-0.39, 0.29) is 0 Å². The van der Waals surface area contributed by atoms with E-state index in [1.54, 1.807) is 10.9 Å². The molecule has 3 nitrogen and oxygen atoms in total. The van der Waals surface area contributed by atoms with Crippen LogP contribution in [0.2, 0.25) is 0 Å². The molecule has 0 saturated carbocycles. The predicted octanol–water partition coefficient (Wildman–Crippen LogP) is 0.882. The summed E-state index contributed by atoms with van der Waals surface area (Å²) in [6, 6.07) is 1.94. The van der Waals surface area contributed by atoms with Crippen molar-refractivity contribution in [2.24, 2.45) is 7.05 Å². The van der Waals surface area contributed by atoms with Gasteiger partial charge in [-0.25, -0.2) is 6.57 Å². The highest BCUT2D eigenvalue weighted by Gasteiger charge is 1.97. The molecule has 1 heterocycles. The zero-order valence-corrected chi connectivity index (χ0v) is 5.91. The first kappa shape index (κ1) is 6.81. The lowest BCUT2D eigenvalue weighted by Gasteiger charge is -1.93. The molecule has 0 spiro atoms. The third-order valence-corrected chi connectivity index (χ3v) is 1.40. The van der Waals surface area contributed by atoms with Crippen LogP contribution in [0.1, 0.15) is 5.69 Å². The van der Waals surface area contributed by atoms with Crippen LogP contribution in [0.3, 0.4) is 0 Å². The van der Waals surface area contributed by atoms with E-state index in [4.69, 9.17) is 6.57 Å². The summed E-state index contributed by atoms with van der Waals surface area (Å²) in [6.07, 6.45) is 2.55. The molecule has 0 aliphatic carbocycles. The van der Waals surface area contributed by atoms with E-state index in [2.05, 4.69) is 9.94 Å². The molecule has 0 amide bonds. The molecule has 0 fully saturated rings. The van der Waals surface area contributed by atoms with Crippen molar-refractivity contribution in [1.82, 2.24) is 9.78 Å². The molecule has 1 aromatic rings. The minimum Gasteiger partial charge on any atom is -0.317 e. The van der Waals surface area contributed by atoms with Crippen molar-refractivity contribution in [3.63, 3.8) is 0 Å². The first-order chi connectivity index (χ1) is 4.84. The monoisotopic (exact) mass is 135 g/mol. The van der Waals surface area contributed by atoms with Crippen LogP contribution in [0, 0.1) is 6.57 Å². The standard InChI is InChI=1S/C7H9N3/c1-8-5-3-7-4-6-9-10(7)2/h4,6H,3,5H2,2H3. The Labute approximate surface area is 60.1 Å². The molecule has 1 rings (SSSR count). The van der Waals surface area contributed by atoms with Gasteiger partial charge in [-0.1, -0.05) is 0 Å². The van der Waals surface area contributed by atoms with E-state index in [0.717, 1.165) is 12.1 Å². The largest absolute Gasteiger partial charge is 0.317 e. The van der Waals surface area contributed by atoms with Crippen molar-refractivity contribution < 1.29 is 0 Å². The van der Waals surface area contributed by atoms with E-state index in [0.29, 0.717) is 6.54 Å². The van der Waals surface area contributed by atoms with Gasteiger partial charge in [0.2, 0.25) is 6.54 Å². The zero-order chi connectivity index (χ0) is 7.40. The summed E-state index contributed by atoms with van der Waals surface area (Å²) in [6.45, 7) is 7.13. The van der Waals surface area contributed by atoms with Crippen LogP contribution in [0.4, 0.5) is 0 Å². The fourth-order valence-electron chi connectivity index (χ4n) is 0.817. The summed E-state index contributed by atoms with van der Waals surface area (Å²) < 4.78 is 1.80. The van der Waals surface area contributed by atoms with Crippen molar-refractivity contribution >= 4 is 0 Å². The second-order valence-corrected chi connectivity index (χ2v) is 2.08. The maximum Gasteiger partial charge on any atom is 0.220 e. The molecule has 0 N–H and O–H groups in total. The van der Waals surface area contributed by atoms with Crippen LogP contribution in [0.5, 0.6) is 0 Å². The minimum atomic E-state index is 0.555. The highest BCUT2D eigenvalue weighted by molar-refractivity contribution is 5.01. The van der Waals surface area contributed by atoms with Gasteiger partial charge >= 0.3 is 0 Å². The maximum atomic E-state index is 6.57. The number of aromatic nitrogens is 2. The molecule has 0 aliphatic heterocycles. The minimum absolute atomic E-state index is 0.555. The highest BCUT2D eigenvalue weighted by Crippen LogP contribution is 1.96. The second-order valence-electron chi connectivity index (χ2n) is 2.08. The van der Waals surface area contributed by atoms with Crippen LogP contribution < -0.4 is 0 Å². The summed E-state index contributed by atoms with van der Waals surface area (Å²) in [5, 5.41) is 3.98. The zero-order valence-electron chi connectivity index (χ0n) is 5.91. The van der Waals surface area contributed by atoms with Gasteiger partial charge in [0.25, 0.3) is 0 Å². The lowest BCUT2D eigenvalue weighted by atomic mass is 10.3. The fourth-order valence-corrected chi connectivity index (χ4v) is 0.817. The Morgan fingerprint density at radius 2 is 2.60 bits per heavy atom. The van der Waals surface area contributed by atoms with Gasteiger partial charge in [-0.15, -0.1) is 0 Å². The number of aryl methyl sites for hydroxylation is 1. The first-order valence-electron chi connectivity index (χ1n) is 3.14. The van der Waals surface area contributed by atoms with Crippen LogP contribution in [-0.2, 0) is 13.5 Å². The second kappa shape index (κ2) is 3.02. The van der Waals surface area contributed by atoms with Crippen molar-refractivity contribution in [2.45, 2.75) is 6.42 Å². The Kier molecular flexibility index (Phi) is 2.06. The van der Waals surface area contributed by atoms with Crippen LogP contribution >= 0.6 is 0 Å². The number of hydrogen-bond acceptors (Lipinski definition) is 1. The third kappa shape index (κ3) is 1.35. The maximum absolute atomic E-state index is 6.57. The van der Waals surface area contributed by atoms with Gasteiger partial charge in [-0.2, -0.15) is 5.10 Å². The van der Waals surface area contributed by atoms with Gasteiger partial charge in [-0.05, 0) is 6.07 Å². The van der Waals surface area contributed by atoms with Crippen molar-refractivity contribution in [2.75, 3.05) is 6.54 Å². The van der Waals surface area contributed by atoms with Crippen molar-refractivity contribution in [3.8, 4) is 0 Å². The number of rotatable bonds is 2. The van der Waals surface area contributed by atoms with E-state index in [9.17, 15) is 0 Å². The van der Waals surface area contributed by atoms with E-state index in [1.165, 1.54) is 0 Å². The molecule has 0 bridgehead atoms. The molecule has 0 aromatic carbocycles. The summed E-state index contributed by atoms with van der Waals surface area (Å²) in [5.41, 5.74) is 1.12. The van der Waals surface area contributed by atoms with E-state index < -0.39 is 0 Å². The highest BCUT2D eigenvalue weighted by atomic mass is 15.2. The average Bonchev–Trinajstić information content (AvgIpc) is 2.31. The average molecular weight is 135 g/mol.